The number of rotatable bonds is 5. The van der Waals surface area contributed by atoms with E-state index in [1.807, 2.05) is 0 Å². The van der Waals surface area contributed by atoms with Crippen molar-refractivity contribution >= 4 is 16.0 Å². The zero-order chi connectivity index (χ0) is 14.5. The molecular weight excluding hydrogens is 268 g/mol. The van der Waals surface area contributed by atoms with E-state index in [0.29, 0.717) is 0 Å². The third-order valence-corrected chi connectivity index (χ3v) is 4.62. The molecule has 19 heavy (non-hydrogen) atoms. The molecule has 1 rings (SSSR count). The zero-order valence-electron chi connectivity index (χ0n) is 10.8. The Hall–Kier alpha value is -1.82. The van der Waals surface area contributed by atoms with Gasteiger partial charge in [0.25, 0.3) is 0 Å². The molecule has 1 unspecified atom stereocenters. The number of carbonyl (C=O) groups excluding carboxylic acids is 1. The maximum absolute atomic E-state index is 12.4. The van der Waals surface area contributed by atoms with Crippen molar-refractivity contribution in [3.05, 3.63) is 43.0 Å². The van der Waals surface area contributed by atoms with Crippen molar-refractivity contribution in [2.24, 2.45) is 5.92 Å². The van der Waals surface area contributed by atoms with Crippen LogP contribution in [-0.2, 0) is 19.3 Å². The van der Waals surface area contributed by atoms with Crippen molar-refractivity contribution in [1.82, 2.24) is 0 Å². The minimum Gasteiger partial charge on any atom is -0.438 e. The van der Waals surface area contributed by atoms with Crippen LogP contribution in [0, 0.1) is 5.92 Å². The third-order valence-electron chi connectivity index (χ3n) is 2.56. The molecule has 0 heterocycles. The average Bonchev–Trinajstić information content (AvgIpc) is 2.44. The van der Waals surface area contributed by atoms with Crippen LogP contribution in [0.2, 0.25) is 0 Å². The lowest BCUT2D eigenvalue weighted by molar-refractivity contribution is 0.0521. The molecular formula is C13H16O5S. The summed E-state index contributed by atoms with van der Waals surface area (Å²) in [5, 5.41) is 0. The van der Waals surface area contributed by atoms with Crippen LogP contribution >= 0.6 is 0 Å². The van der Waals surface area contributed by atoms with Gasteiger partial charge in [-0.15, -0.1) is 6.58 Å². The molecule has 0 aromatic heterocycles. The Morgan fingerprint density at radius 3 is 2.37 bits per heavy atom. The van der Waals surface area contributed by atoms with Gasteiger partial charge in [0.05, 0.1) is 12.0 Å². The van der Waals surface area contributed by atoms with Gasteiger partial charge in [-0.1, -0.05) is 31.2 Å². The monoisotopic (exact) mass is 284 g/mol. The van der Waals surface area contributed by atoms with Gasteiger partial charge in [-0.25, -0.2) is 13.2 Å². The van der Waals surface area contributed by atoms with Gasteiger partial charge < -0.3 is 9.47 Å². The second-order valence-corrected chi connectivity index (χ2v) is 5.92. The minimum atomic E-state index is -3.81. The molecule has 0 radical (unpaired) electrons. The number of methoxy groups -OCH3 is 1. The highest BCUT2D eigenvalue weighted by Crippen LogP contribution is 2.23. The van der Waals surface area contributed by atoms with Crippen molar-refractivity contribution in [3.8, 4) is 0 Å². The van der Waals surface area contributed by atoms with Gasteiger partial charge in [0.1, 0.15) is 0 Å². The van der Waals surface area contributed by atoms with E-state index in [-0.39, 0.29) is 4.90 Å². The highest BCUT2D eigenvalue weighted by molar-refractivity contribution is 7.92. The van der Waals surface area contributed by atoms with Gasteiger partial charge in [0.15, 0.2) is 0 Å². The Morgan fingerprint density at radius 1 is 1.32 bits per heavy atom. The zero-order valence-corrected chi connectivity index (χ0v) is 11.6. The number of benzene rings is 1. The second-order valence-electron chi connectivity index (χ2n) is 3.89. The Bertz CT molecular complexity index is 535. The second kappa shape index (κ2) is 6.38. The smallest absolute Gasteiger partial charge is 0.438 e. The summed E-state index contributed by atoms with van der Waals surface area (Å²) in [5.41, 5.74) is -1.36. The number of ether oxygens (including phenoxy) is 2. The molecule has 0 saturated carbocycles. The minimum absolute atomic E-state index is 0.0811. The first-order chi connectivity index (χ1) is 8.93. The fourth-order valence-corrected chi connectivity index (χ4v) is 3.14. The summed E-state index contributed by atoms with van der Waals surface area (Å²) >= 11 is 0. The normalized spacial score (nSPS) is 14.2. The molecule has 0 N–H and O–H groups in total. The number of hydrogen-bond acceptors (Lipinski definition) is 5. The lowest BCUT2D eigenvalue weighted by Gasteiger charge is -2.21. The summed E-state index contributed by atoms with van der Waals surface area (Å²) in [6.45, 7) is 5.12. The number of carbonyl (C=O) groups is 1. The molecule has 5 nitrogen and oxygen atoms in total. The molecule has 0 amide bonds. The van der Waals surface area contributed by atoms with E-state index in [1.165, 1.54) is 18.2 Å². The van der Waals surface area contributed by atoms with Crippen LogP contribution in [0.25, 0.3) is 0 Å². The average molecular weight is 284 g/mol. The standard InChI is InChI=1S/C13H16O5S/c1-4-10(2)12(18-13(14)17-3)19(15,16)11-8-6-5-7-9-11/h4-10,12H,1H2,2-3H3/t10-,12?/m1/s1. The summed E-state index contributed by atoms with van der Waals surface area (Å²) in [4.78, 5) is 11.3. The lowest BCUT2D eigenvalue weighted by atomic mass is 10.2. The van der Waals surface area contributed by atoms with Crippen molar-refractivity contribution in [1.29, 1.82) is 0 Å². The number of hydrogen-bond donors (Lipinski definition) is 0. The summed E-state index contributed by atoms with van der Waals surface area (Å²) < 4.78 is 34.0. The van der Waals surface area contributed by atoms with Gasteiger partial charge in [0.2, 0.25) is 15.3 Å². The molecule has 0 aliphatic rings. The van der Waals surface area contributed by atoms with Crippen molar-refractivity contribution in [2.45, 2.75) is 17.3 Å². The summed E-state index contributed by atoms with van der Waals surface area (Å²) in [6.07, 6.45) is 0.367. The molecule has 0 bridgehead atoms. The SMILES string of the molecule is C=C[C@@H](C)C(OC(=O)OC)S(=O)(=O)c1ccccc1. The fraction of sp³-hybridized carbons (Fsp3) is 0.308. The molecule has 0 aliphatic heterocycles. The molecule has 0 spiro atoms. The van der Waals surface area contributed by atoms with Crippen molar-refractivity contribution in [3.63, 3.8) is 0 Å². The summed E-state index contributed by atoms with van der Waals surface area (Å²) in [5.74, 6) is -0.565. The van der Waals surface area contributed by atoms with Crippen LogP contribution in [0.15, 0.2) is 47.9 Å². The van der Waals surface area contributed by atoms with Gasteiger partial charge in [-0.3, -0.25) is 0 Å². The first-order valence-corrected chi connectivity index (χ1v) is 7.14. The van der Waals surface area contributed by atoms with Crippen molar-refractivity contribution in [2.75, 3.05) is 7.11 Å². The summed E-state index contributed by atoms with van der Waals surface area (Å²) in [6, 6.07) is 7.78. The molecule has 0 fully saturated rings. The molecule has 0 saturated heterocycles. The third kappa shape index (κ3) is 3.57. The van der Waals surface area contributed by atoms with E-state index < -0.39 is 27.3 Å². The van der Waals surface area contributed by atoms with E-state index in [9.17, 15) is 13.2 Å². The van der Waals surface area contributed by atoms with E-state index in [0.717, 1.165) is 7.11 Å². The van der Waals surface area contributed by atoms with Crippen LogP contribution < -0.4 is 0 Å². The first kappa shape index (κ1) is 15.2. The van der Waals surface area contributed by atoms with Crippen molar-refractivity contribution < 1.29 is 22.7 Å². The Kier molecular flexibility index (Phi) is 5.11. The highest BCUT2D eigenvalue weighted by Gasteiger charge is 2.34. The molecule has 1 aromatic carbocycles. The predicted molar refractivity (Wildman–Crippen MR) is 70.3 cm³/mol. The highest BCUT2D eigenvalue weighted by atomic mass is 32.2. The van der Waals surface area contributed by atoms with Crippen LogP contribution in [0.4, 0.5) is 4.79 Å². The molecule has 0 aliphatic carbocycles. The fourth-order valence-electron chi connectivity index (χ4n) is 1.45. The lowest BCUT2D eigenvalue weighted by Crippen LogP contribution is -2.32. The Morgan fingerprint density at radius 2 is 1.89 bits per heavy atom. The van der Waals surface area contributed by atoms with Gasteiger partial charge in [-0.2, -0.15) is 0 Å². The van der Waals surface area contributed by atoms with Crippen LogP contribution in [0.3, 0.4) is 0 Å². The first-order valence-electron chi connectivity index (χ1n) is 5.59. The summed E-state index contributed by atoms with van der Waals surface area (Å²) in [7, 11) is -2.69. The molecule has 104 valence electrons. The van der Waals surface area contributed by atoms with E-state index >= 15 is 0 Å². The van der Waals surface area contributed by atoms with Crippen LogP contribution in [-0.4, -0.2) is 27.1 Å². The van der Waals surface area contributed by atoms with Gasteiger partial charge in [0, 0.05) is 5.92 Å². The Balaban J connectivity index is 3.17. The van der Waals surface area contributed by atoms with Gasteiger partial charge in [-0.05, 0) is 12.1 Å². The van der Waals surface area contributed by atoms with E-state index in [4.69, 9.17) is 4.74 Å². The molecule has 2 atom stereocenters. The number of sulfone groups is 1. The topological polar surface area (TPSA) is 69.7 Å². The maximum atomic E-state index is 12.4. The molecule has 6 heteroatoms. The molecule has 1 aromatic rings. The maximum Gasteiger partial charge on any atom is 0.509 e. The van der Waals surface area contributed by atoms with Crippen LogP contribution in [0.1, 0.15) is 6.92 Å². The van der Waals surface area contributed by atoms with E-state index in [2.05, 4.69) is 11.3 Å². The van der Waals surface area contributed by atoms with Gasteiger partial charge >= 0.3 is 6.16 Å². The van der Waals surface area contributed by atoms with Crippen LogP contribution in [0.5, 0.6) is 0 Å². The Labute approximate surface area is 112 Å². The predicted octanol–water partition coefficient (Wildman–Crippen LogP) is 2.39. The van der Waals surface area contributed by atoms with E-state index in [1.54, 1.807) is 25.1 Å². The largest absolute Gasteiger partial charge is 0.509 e. The quantitative estimate of drug-likeness (QED) is 0.613.